The van der Waals surface area contributed by atoms with Crippen molar-refractivity contribution >= 4 is 41.4 Å². The number of ketones is 1. The Bertz CT molecular complexity index is 1120. The number of carbonyl (C=O) groups excluding carboxylic acids is 1. The second kappa shape index (κ2) is 12.1. The first-order chi connectivity index (χ1) is 15.0. The molecular weight excluding hydrogens is 437 g/mol. The molecule has 3 aromatic carbocycles. The quantitative estimate of drug-likeness (QED) is 0.215. The Labute approximate surface area is 201 Å². The Morgan fingerprint density at radius 2 is 1.66 bits per heavy atom. The van der Waals surface area contributed by atoms with Crippen molar-refractivity contribution in [2.45, 2.75) is 6.54 Å². The molecule has 0 bridgehead atoms. The first kappa shape index (κ1) is 25.2. The predicted molar refractivity (Wildman–Crippen MR) is 138 cm³/mol. The number of nitrogens with zero attached hydrogens (tertiary/aromatic N) is 1. The Kier molecular flexibility index (Phi) is 9.50. The van der Waals surface area contributed by atoms with E-state index in [4.69, 9.17) is 18.0 Å². The largest absolute Gasteiger partial charge is 0.298 e. The summed E-state index contributed by atoms with van der Waals surface area (Å²) in [5.41, 5.74) is 4.74. The number of hydrogen-bond donors (Lipinski definition) is 0. The zero-order valence-corrected chi connectivity index (χ0v) is 19.5. The minimum atomic E-state index is -0.0941. The molecular formula is C28H25Cl2NO. The molecule has 0 atom stereocenters. The number of carbonyl (C=O) groups is 1. The van der Waals surface area contributed by atoms with E-state index in [1.54, 1.807) is 12.1 Å². The van der Waals surface area contributed by atoms with Crippen LogP contribution < -0.4 is 0 Å². The van der Waals surface area contributed by atoms with Gasteiger partial charge in [0.05, 0.1) is 0 Å². The molecule has 0 saturated heterocycles. The van der Waals surface area contributed by atoms with Crippen molar-refractivity contribution in [1.29, 1.82) is 0 Å². The van der Waals surface area contributed by atoms with E-state index >= 15 is 0 Å². The van der Waals surface area contributed by atoms with Gasteiger partial charge in [-0.2, -0.15) is 0 Å². The Morgan fingerprint density at radius 1 is 1.03 bits per heavy atom. The van der Waals surface area contributed by atoms with E-state index in [2.05, 4.69) is 29.5 Å². The number of hydrogen-bond acceptors (Lipinski definition) is 2. The number of terminal acetylenes is 1. The fourth-order valence-electron chi connectivity index (χ4n) is 3.29. The maximum Gasteiger partial charge on any atom is 0.190 e. The predicted octanol–water partition coefficient (Wildman–Crippen LogP) is 6.54. The highest BCUT2D eigenvalue weighted by molar-refractivity contribution is 6.32. The minimum absolute atomic E-state index is 0. The van der Waals surface area contributed by atoms with Crippen LogP contribution in [0.1, 0.15) is 22.3 Å². The molecule has 0 aliphatic carbocycles. The van der Waals surface area contributed by atoms with Crippen LogP contribution in [0.15, 0.2) is 91.0 Å². The van der Waals surface area contributed by atoms with Gasteiger partial charge < -0.3 is 0 Å². The minimum Gasteiger partial charge on any atom is -0.298 e. The van der Waals surface area contributed by atoms with Crippen LogP contribution >= 0.6 is 24.0 Å². The third-order valence-electron chi connectivity index (χ3n) is 4.87. The zero-order chi connectivity index (χ0) is 22.2. The van der Waals surface area contributed by atoms with Crippen molar-refractivity contribution in [2.75, 3.05) is 13.6 Å². The third kappa shape index (κ3) is 6.97. The zero-order valence-electron chi connectivity index (χ0n) is 17.9. The second-order valence-electron chi connectivity index (χ2n) is 7.42. The van der Waals surface area contributed by atoms with E-state index < -0.39 is 0 Å². The van der Waals surface area contributed by atoms with Crippen molar-refractivity contribution in [3.8, 4) is 12.3 Å². The van der Waals surface area contributed by atoms with Gasteiger partial charge in [-0.3, -0.25) is 9.69 Å². The Balaban J connectivity index is 0.00000363. The summed E-state index contributed by atoms with van der Waals surface area (Å²) >= 11 is 6.01. The molecule has 3 rings (SSSR count). The van der Waals surface area contributed by atoms with Gasteiger partial charge in [0.25, 0.3) is 0 Å². The van der Waals surface area contributed by atoms with Gasteiger partial charge in [-0.25, -0.2) is 0 Å². The van der Waals surface area contributed by atoms with E-state index in [9.17, 15) is 4.79 Å². The molecule has 0 radical (unpaired) electrons. The summed E-state index contributed by atoms with van der Waals surface area (Å²) in [6.45, 7) is 5.29. The van der Waals surface area contributed by atoms with Crippen LogP contribution in [0.4, 0.5) is 0 Å². The lowest BCUT2D eigenvalue weighted by molar-refractivity contribution is -0.110. The summed E-state index contributed by atoms with van der Waals surface area (Å²) in [7, 11) is 1.98. The maximum absolute atomic E-state index is 13.4. The average molecular weight is 462 g/mol. The van der Waals surface area contributed by atoms with Crippen LogP contribution in [0.3, 0.4) is 0 Å². The number of Topliss-reactive ketones (excluding diaryl/α,β-unsaturated/α-hetero) is 1. The molecule has 0 N–H and O–H groups in total. The van der Waals surface area contributed by atoms with Gasteiger partial charge in [0.2, 0.25) is 0 Å². The molecule has 0 unspecified atom stereocenters. The highest BCUT2D eigenvalue weighted by Crippen LogP contribution is 2.24. The molecule has 0 amide bonds. The van der Waals surface area contributed by atoms with E-state index in [0.29, 0.717) is 22.7 Å². The van der Waals surface area contributed by atoms with Crippen LogP contribution in [0.5, 0.6) is 0 Å². The van der Waals surface area contributed by atoms with Crippen LogP contribution in [0.25, 0.3) is 11.6 Å². The fourth-order valence-corrected chi connectivity index (χ4v) is 3.42. The molecule has 0 aliphatic heterocycles. The van der Waals surface area contributed by atoms with Gasteiger partial charge in [-0.1, -0.05) is 78.7 Å². The molecule has 0 fully saturated rings. The molecule has 162 valence electrons. The Morgan fingerprint density at radius 3 is 2.25 bits per heavy atom. The molecule has 32 heavy (non-hydrogen) atoms. The van der Waals surface area contributed by atoms with Crippen molar-refractivity contribution in [3.05, 3.63) is 118 Å². The molecule has 2 nitrogen and oxygen atoms in total. The van der Waals surface area contributed by atoms with Gasteiger partial charge in [0, 0.05) is 34.8 Å². The number of benzene rings is 3. The number of likely N-dealkylation sites (N-methyl/N-ethyl adjacent to an activating group) is 1. The highest BCUT2D eigenvalue weighted by Gasteiger charge is 2.17. The summed E-state index contributed by atoms with van der Waals surface area (Å²) in [5.74, 6) is 2.51. The lowest BCUT2D eigenvalue weighted by Gasteiger charge is -2.18. The first-order valence-electron chi connectivity index (χ1n) is 9.95. The van der Waals surface area contributed by atoms with Crippen LogP contribution in [0.2, 0.25) is 5.02 Å². The van der Waals surface area contributed by atoms with Crippen LogP contribution in [0, 0.1) is 12.3 Å². The molecule has 4 heteroatoms. The van der Waals surface area contributed by atoms with E-state index in [1.165, 1.54) is 5.56 Å². The van der Waals surface area contributed by atoms with Crippen LogP contribution in [-0.4, -0.2) is 24.3 Å². The van der Waals surface area contributed by atoms with Crippen LogP contribution in [-0.2, 0) is 11.3 Å². The standard InChI is InChI=1S/C28H24ClNO.ClH/c1-4-22-10-14-25(15-11-22)27(18-23-12-16-26(29)17-13-23)28(31)21(2)19-30(3)20-24-8-6-5-7-9-24;/h1,5-18H,2,19-20H2,3H3;1H/b27-18+;. The van der Waals surface area contributed by atoms with Crippen molar-refractivity contribution in [1.82, 2.24) is 4.90 Å². The second-order valence-corrected chi connectivity index (χ2v) is 7.86. The topological polar surface area (TPSA) is 20.3 Å². The lowest BCUT2D eigenvalue weighted by atomic mass is 9.94. The number of allylic oxidation sites excluding steroid dienone is 1. The summed E-state index contributed by atoms with van der Waals surface area (Å²) in [4.78, 5) is 15.5. The molecule has 0 spiro atoms. The van der Waals surface area contributed by atoms with Crippen molar-refractivity contribution in [3.63, 3.8) is 0 Å². The monoisotopic (exact) mass is 461 g/mol. The van der Waals surface area contributed by atoms with Gasteiger partial charge >= 0.3 is 0 Å². The Hall–Kier alpha value is -3.09. The SMILES string of the molecule is C#Cc1ccc(/C(=C\c2ccc(Cl)cc2)C(=O)C(=C)CN(C)Cc2ccccc2)cc1.Cl. The summed E-state index contributed by atoms with van der Waals surface area (Å²) in [5, 5.41) is 0.648. The van der Waals surface area contributed by atoms with Gasteiger partial charge in [0.15, 0.2) is 5.78 Å². The highest BCUT2D eigenvalue weighted by atomic mass is 35.5. The molecule has 0 saturated carbocycles. The molecule has 0 heterocycles. The fraction of sp³-hybridized carbons (Fsp3) is 0.107. The lowest BCUT2D eigenvalue weighted by Crippen LogP contribution is -2.23. The number of rotatable bonds is 8. The van der Waals surface area contributed by atoms with Gasteiger partial charge in [-0.15, -0.1) is 18.8 Å². The summed E-state index contributed by atoms with van der Waals surface area (Å²) in [6, 6.07) is 24.9. The third-order valence-corrected chi connectivity index (χ3v) is 5.12. The number of halogens is 2. The van der Waals surface area contributed by atoms with Gasteiger partial charge in [-0.05, 0) is 54.1 Å². The van der Waals surface area contributed by atoms with Crippen molar-refractivity contribution in [2.24, 2.45) is 0 Å². The molecule has 3 aromatic rings. The maximum atomic E-state index is 13.4. The van der Waals surface area contributed by atoms with E-state index in [0.717, 1.165) is 23.2 Å². The summed E-state index contributed by atoms with van der Waals surface area (Å²) < 4.78 is 0. The normalized spacial score (nSPS) is 10.9. The van der Waals surface area contributed by atoms with E-state index in [-0.39, 0.29) is 18.2 Å². The van der Waals surface area contributed by atoms with E-state index in [1.807, 2.05) is 67.7 Å². The smallest absolute Gasteiger partial charge is 0.190 e. The van der Waals surface area contributed by atoms with Gasteiger partial charge in [0.1, 0.15) is 0 Å². The average Bonchev–Trinajstić information content (AvgIpc) is 2.79. The first-order valence-corrected chi connectivity index (χ1v) is 10.3. The molecule has 0 aromatic heterocycles. The summed E-state index contributed by atoms with van der Waals surface area (Å²) in [6.07, 6.45) is 7.34. The molecule has 0 aliphatic rings. The van der Waals surface area contributed by atoms with Crippen molar-refractivity contribution < 1.29 is 4.79 Å².